The van der Waals surface area contributed by atoms with Gasteiger partial charge in [0.05, 0.1) is 18.9 Å². The van der Waals surface area contributed by atoms with E-state index in [1.165, 1.54) is 31.2 Å². The number of aromatic nitrogens is 1. The Hall–Kier alpha value is -2.20. The van der Waals surface area contributed by atoms with E-state index >= 15 is 0 Å². The average Bonchev–Trinajstić information content (AvgIpc) is 3.23. The minimum Gasteiger partial charge on any atom is -0.378 e. The second kappa shape index (κ2) is 7.36. The summed E-state index contributed by atoms with van der Waals surface area (Å²) in [4.78, 5) is 19.0. The number of hydrogen-bond donors (Lipinski definition) is 0. The van der Waals surface area contributed by atoms with E-state index in [9.17, 15) is 4.79 Å². The van der Waals surface area contributed by atoms with Crippen molar-refractivity contribution in [1.82, 2.24) is 9.88 Å². The average molecular weight is 336 g/mol. The summed E-state index contributed by atoms with van der Waals surface area (Å²) in [6.07, 6.45) is 7.04. The van der Waals surface area contributed by atoms with Gasteiger partial charge in [-0.25, -0.2) is 0 Å². The Morgan fingerprint density at radius 1 is 1.04 bits per heavy atom. The van der Waals surface area contributed by atoms with E-state index in [4.69, 9.17) is 4.74 Å². The molecular formula is C21H24N2O2. The molecule has 2 aliphatic rings. The van der Waals surface area contributed by atoms with E-state index in [2.05, 4.69) is 29.2 Å². The zero-order valence-electron chi connectivity index (χ0n) is 14.5. The van der Waals surface area contributed by atoms with E-state index in [1.54, 1.807) is 12.3 Å². The standard InChI is InChI=1S/C21H24N2O2/c24-21(23-11-13-25-14-12-23)19-9-10-22-20(15-19)18-7-5-17(6-8-18)16-3-1-2-4-16/h5-10,15-16H,1-4,11-14H2. The third-order valence-electron chi connectivity index (χ3n) is 5.34. The molecule has 4 heteroatoms. The first-order valence-electron chi connectivity index (χ1n) is 9.25. The summed E-state index contributed by atoms with van der Waals surface area (Å²) < 4.78 is 5.33. The van der Waals surface area contributed by atoms with Gasteiger partial charge in [0.1, 0.15) is 0 Å². The molecule has 1 saturated heterocycles. The third kappa shape index (κ3) is 3.59. The number of amides is 1. The van der Waals surface area contributed by atoms with Crippen LogP contribution >= 0.6 is 0 Å². The summed E-state index contributed by atoms with van der Waals surface area (Å²) >= 11 is 0. The molecule has 4 nitrogen and oxygen atoms in total. The Balaban J connectivity index is 1.53. The molecule has 1 amide bonds. The van der Waals surface area contributed by atoms with Crippen molar-refractivity contribution in [2.45, 2.75) is 31.6 Å². The zero-order chi connectivity index (χ0) is 17.1. The molecule has 2 heterocycles. The van der Waals surface area contributed by atoms with Crippen LogP contribution in [0.4, 0.5) is 0 Å². The summed E-state index contributed by atoms with van der Waals surface area (Å²) in [7, 11) is 0. The minimum absolute atomic E-state index is 0.0644. The van der Waals surface area contributed by atoms with Gasteiger partial charge < -0.3 is 9.64 Å². The molecule has 0 radical (unpaired) electrons. The monoisotopic (exact) mass is 336 g/mol. The zero-order valence-corrected chi connectivity index (χ0v) is 14.5. The maximum absolute atomic E-state index is 12.7. The maximum atomic E-state index is 12.7. The topological polar surface area (TPSA) is 42.4 Å². The molecule has 1 aliphatic carbocycles. The van der Waals surface area contributed by atoms with Crippen LogP contribution in [0.3, 0.4) is 0 Å². The van der Waals surface area contributed by atoms with Gasteiger partial charge in [0, 0.05) is 30.4 Å². The summed E-state index contributed by atoms with van der Waals surface area (Å²) in [6, 6.07) is 12.4. The number of nitrogens with zero attached hydrogens (tertiary/aromatic N) is 2. The van der Waals surface area contributed by atoms with Crippen LogP contribution in [-0.4, -0.2) is 42.1 Å². The van der Waals surface area contributed by atoms with E-state index in [0.29, 0.717) is 31.9 Å². The van der Waals surface area contributed by atoms with Gasteiger partial charge in [-0.15, -0.1) is 0 Å². The van der Waals surface area contributed by atoms with E-state index in [-0.39, 0.29) is 5.91 Å². The van der Waals surface area contributed by atoms with Crippen LogP contribution in [0.1, 0.15) is 47.5 Å². The lowest BCUT2D eigenvalue weighted by molar-refractivity contribution is 0.0303. The van der Waals surface area contributed by atoms with Crippen molar-refractivity contribution in [3.05, 3.63) is 53.7 Å². The molecule has 130 valence electrons. The first kappa shape index (κ1) is 16.3. The second-order valence-corrected chi connectivity index (χ2v) is 6.94. The number of carbonyl (C=O) groups is 1. The highest BCUT2D eigenvalue weighted by atomic mass is 16.5. The van der Waals surface area contributed by atoms with E-state index < -0.39 is 0 Å². The van der Waals surface area contributed by atoms with Gasteiger partial charge in [0.2, 0.25) is 0 Å². The van der Waals surface area contributed by atoms with Crippen LogP contribution in [0.5, 0.6) is 0 Å². The first-order valence-corrected chi connectivity index (χ1v) is 9.25. The fraction of sp³-hybridized carbons (Fsp3) is 0.429. The fourth-order valence-electron chi connectivity index (χ4n) is 3.86. The fourth-order valence-corrected chi connectivity index (χ4v) is 3.86. The van der Waals surface area contributed by atoms with E-state index in [1.807, 2.05) is 11.0 Å². The highest BCUT2D eigenvalue weighted by Crippen LogP contribution is 2.34. The highest BCUT2D eigenvalue weighted by molar-refractivity contribution is 5.95. The van der Waals surface area contributed by atoms with Crippen molar-refractivity contribution in [2.75, 3.05) is 26.3 Å². The minimum atomic E-state index is 0.0644. The summed E-state index contributed by atoms with van der Waals surface area (Å²) in [5.74, 6) is 0.783. The molecule has 2 fully saturated rings. The highest BCUT2D eigenvalue weighted by Gasteiger charge is 2.19. The van der Waals surface area contributed by atoms with Gasteiger partial charge in [-0.3, -0.25) is 9.78 Å². The lowest BCUT2D eigenvalue weighted by Gasteiger charge is -2.26. The molecule has 1 aliphatic heterocycles. The lowest BCUT2D eigenvalue weighted by Crippen LogP contribution is -2.40. The molecule has 2 aromatic rings. The summed E-state index contributed by atoms with van der Waals surface area (Å²) in [5.41, 5.74) is 4.06. The molecule has 25 heavy (non-hydrogen) atoms. The number of benzene rings is 1. The predicted molar refractivity (Wildman–Crippen MR) is 97.6 cm³/mol. The Morgan fingerprint density at radius 3 is 2.48 bits per heavy atom. The molecule has 0 N–H and O–H groups in total. The number of morpholine rings is 1. The van der Waals surface area contributed by atoms with Crippen molar-refractivity contribution in [3.63, 3.8) is 0 Å². The summed E-state index contributed by atoms with van der Waals surface area (Å²) in [5, 5.41) is 0. The van der Waals surface area contributed by atoms with Crippen LogP contribution in [-0.2, 0) is 4.74 Å². The molecule has 4 rings (SSSR count). The van der Waals surface area contributed by atoms with Gasteiger partial charge in [-0.2, -0.15) is 0 Å². The van der Waals surface area contributed by atoms with Crippen LogP contribution in [0, 0.1) is 0 Å². The van der Waals surface area contributed by atoms with Crippen molar-refractivity contribution in [3.8, 4) is 11.3 Å². The largest absolute Gasteiger partial charge is 0.378 e. The quantitative estimate of drug-likeness (QED) is 0.854. The van der Waals surface area contributed by atoms with Gasteiger partial charge in [-0.05, 0) is 36.5 Å². The van der Waals surface area contributed by atoms with Crippen molar-refractivity contribution < 1.29 is 9.53 Å². The van der Waals surface area contributed by atoms with Gasteiger partial charge in [-0.1, -0.05) is 37.1 Å². The second-order valence-electron chi connectivity index (χ2n) is 6.94. The molecule has 1 saturated carbocycles. The lowest BCUT2D eigenvalue weighted by atomic mass is 9.96. The van der Waals surface area contributed by atoms with Crippen molar-refractivity contribution >= 4 is 5.91 Å². The molecule has 0 bridgehead atoms. The van der Waals surface area contributed by atoms with Crippen LogP contribution in [0.2, 0.25) is 0 Å². The van der Waals surface area contributed by atoms with Gasteiger partial charge in [0.25, 0.3) is 5.91 Å². The predicted octanol–water partition coefficient (Wildman–Crippen LogP) is 3.88. The third-order valence-corrected chi connectivity index (χ3v) is 5.34. The maximum Gasteiger partial charge on any atom is 0.254 e. The first-order chi connectivity index (χ1) is 12.3. The van der Waals surface area contributed by atoms with Crippen molar-refractivity contribution in [1.29, 1.82) is 0 Å². The Kier molecular flexibility index (Phi) is 4.79. The van der Waals surface area contributed by atoms with Gasteiger partial charge >= 0.3 is 0 Å². The number of pyridine rings is 1. The molecule has 0 atom stereocenters. The van der Waals surface area contributed by atoms with Gasteiger partial charge in [0.15, 0.2) is 0 Å². The van der Waals surface area contributed by atoms with Crippen LogP contribution < -0.4 is 0 Å². The number of carbonyl (C=O) groups excluding carboxylic acids is 1. The van der Waals surface area contributed by atoms with Crippen molar-refractivity contribution in [2.24, 2.45) is 0 Å². The Labute approximate surface area is 148 Å². The molecule has 1 aromatic heterocycles. The van der Waals surface area contributed by atoms with E-state index in [0.717, 1.165) is 17.2 Å². The molecule has 0 unspecified atom stereocenters. The molecule has 0 spiro atoms. The Bertz CT molecular complexity index is 730. The Morgan fingerprint density at radius 2 is 1.76 bits per heavy atom. The smallest absolute Gasteiger partial charge is 0.254 e. The number of ether oxygens (including phenoxy) is 1. The summed E-state index contributed by atoms with van der Waals surface area (Å²) in [6.45, 7) is 2.55. The molecular weight excluding hydrogens is 312 g/mol. The van der Waals surface area contributed by atoms with Crippen LogP contribution in [0.25, 0.3) is 11.3 Å². The molecule has 1 aromatic carbocycles. The normalized spacial score (nSPS) is 18.5. The number of hydrogen-bond acceptors (Lipinski definition) is 3. The van der Waals surface area contributed by atoms with Crippen LogP contribution in [0.15, 0.2) is 42.6 Å². The number of rotatable bonds is 3. The SMILES string of the molecule is O=C(c1ccnc(-c2ccc(C3CCCC3)cc2)c1)N1CCOCC1.